The topological polar surface area (TPSA) is 23.5 Å². The van der Waals surface area contributed by atoms with E-state index in [-0.39, 0.29) is 0 Å². The first kappa shape index (κ1) is 13.5. The molecule has 0 atom stereocenters. The van der Waals surface area contributed by atoms with Gasteiger partial charge < -0.3 is 5.11 Å². The predicted molar refractivity (Wildman–Crippen MR) is 61.1 cm³/mol. The van der Waals surface area contributed by atoms with Crippen molar-refractivity contribution in [3.8, 4) is 11.8 Å². The summed E-state index contributed by atoms with van der Waals surface area (Å²) in [7, 11) is 0. The van der Waals surface area contributed by atoms with Crippen LogP contribution in [0.5, 0.6) is 0 Å². The quantitative estimate of drug-likeness (QED) is 0.680. The summed E-state index contributed by atoms with van der Waals surface area (Å²) in [6.45, 7) is 10.7. The number of hydrogen-bond acceptors (Lipinski definition) is 2. The summed E-state index contributed by atoms with van der Waals surface area (Å²) < 4.78 is 0. The minimum atomic E-state index is -0.857. The van der Waals surface area contributed by atoms with Crippen molar-refractivity contribution in [2.24, 2.45) is 0 Å². The third kappa shape index (κ3) is 8.10. The minimum Gasteiger partial charge on any atom is -0.378 e. The highest BCUT2D eigenvalue weighted by molar-refractivity contribution is 5.11. The summed E-state index contributed by atoms with van der Waals surface area (Å²) in [6, 6.07) is 0. The molecule has 0 aromatic heterocycles. The smallest absolute Gasteiger partial charge is 0.120 e. The van der Waals surface area contributed by atoms with E-state index < -0.39 is 5.60 Å². The van der Waals surface area contributed by atoms with Crippen LogP contribution in [0.3, 0.4) is 0 Å². The molecule has 82 valence electrons. The van der Waals surface area contributed by atoms with E-state index in [0.717, 1.165) is 32.5 Å². The highest BCUT2D eigenvalue weighted by Gasteiger charge is 2.06. The molecule has 0 aromatic rings. The van der Waals surface area contributed by atoms with Gasteiger partial charge in [0.25, 0.3) is 0 Å². The maximum absolute atomic E-state index is 9.40. The van der Waals surface area contributed by atoms with Gasteiger partial charge in [-0.3, -0.25) is 4.90 Å². The summed E-state index contributed by atoms with van der Waals surface area (Å²) in [5.74, 6) is 5.85. The Morgan fingerprint density at radius 2 is 1.64 bits per heavy atom. The number of aliphatic hydroxyl groups is 1. The number of rotatable bonds is 5. The van der Waals surface area contributed by atoms with Crippen LogP contribution in [0, 0.1) is 11.8 Å². The molecule has 0 aromatic carbocycles. The van der Waals surface area contributed by atoms with Gasteiger partial charge >= 0.3 is 0 Å². The fraction of sp³-hybridized carbons (Fsp3) is 0.833. The first-order valence-corrected chi connectivity index (χ1v) is 5.44. The Balaban J connectivity index is 3.95. The van der Waals surface area contributed by atoms with Crippen LogP contribution in [0.25, 0.3) is 0 Å². The van der Waals surface area contributed by atoms with Crippen molar-refractivity contribution < 1.29 is 5.11 Å². The van der Waals surface area contributed by atoms with E-state index in [1.165, 1.54) is 0 Å². The van der Waals surface area contributed by atoms with Crippen LogP contribution >= 0.6 is 0 Å². The molecule has 0 bridgehead atoms. The Bertz CT molecular complexity index is 189. The van der Waals surface area contributed by atoms with Gasteiger partial charge in [-0.2, -0.15) is 0 Å². The van der Waals surface area contributed by atoms with Crippen LogP contribution < -0.4 is 0 Å². The molecule has 0 unspecified atom stereocenters. The molecule has 2 nitrogen and oxygen atoms in total. The first-order valence-electron chi connectivity index (χ1n) is 5.44. The Labute approximate surface area is 88.3 Å². The zero-order valence-corrected chi connectivity index (χ0v) is 9.93. The third-order valence-corrected chi connectivity index (χ3v) is 1.78. The molecule has 0 saturated heterocycles. The molecule has 14 heavy (non-hydrogen) atoms. The predicted octanol–water partition coefficient (Wildman–Crippen LogP) is 1.88. The number of nitrogens with zero attached hydrogens (tertiary/aromatic N) is 1. The fourth-order valence-electron chi connectivity index (χ4n) is 1.27. The maximum atomic E-state index is 9.40. The van der Waals surface area contributed by atoms with Crippen molar-refractivity contribution in [2.75, 3.05) is 19.6 Å². The molecule has 0 radical (unpaired) electrons. The zero-order valence-electron chi connectivity index (χ0n) is 9.93. The standard InChI is InChI=1S/C12H23NO/c1-5-9-13(10-6-2)11-7-8-12(3,4)14/h14H,5-6,9-11H2,1-4H3. The minimum absolute atomic E-state index is 0.770. The summed E-state index contributed by atoms with van der Waals surface area (Å²) in [5.41, 5.74) is -0.857. The molecular formula is C12H23NO. The lowest BCUT2D eigenvalue weighted by Gasteiger charge is -2.17. The Hall–Kier alpha value is -0.520. The van der Waals surface area contributed by atoms with Crippen LogP contribution in [0.2, 0.25) is 0 Å². The van der Waals surface area contributed by atoms with Crippen LogP contribution in [0.4, 0.5) is 0 Å². The van der Waals surface area contributed by atoms with Crippen molar-refractivity contribution in [2.45, 2.75) is 46.1 Å². The van der Waals surface area contributed by atoms with Gasteiger partial charge in [0.1, 0.15) is 5.60 Å². The molecule has 0 saturated carbocycles. The Morgan fingerprint density at radius 1 is 1.14 bits per heavy atom. The second-order valence-electron chi connectivity index (χ2n) is 4.14. The highest BCUT2D eigenvalue weighted by atomic mass is 16.3. The first-order chi connectivity index (χ1) is 6.49. The molecule has 0 heterocycles. The molecule has 0 aliphatic carbocycles. The van der Waals surface area contributed by atoms with Crippen LogP contribution in [0.15, 0.2) is 0 Å². The normalized spacial score (nSPS) is 11.3. The van der Waals surface area contributed by atoms with E-state index in [1.807, 2.05) is 0 Å². The second kappa shape index (κ2) is 6.86. The van der Waals surface area contributed by atoms with Crippen LogP contribution in [0.1, 0.15) is 40.5 Å². The van der Waals surface area contributed by atoms with Gasteiger partial charge in [-0.15, -0.1) is 0 Å². The van der Waals surface area contributed by atoms with Gasteiger partial charge in [0.2, 0.25) is 0 Å². The lowest BCUT2D eigenvalue weighted by molar-refractivity contribution is 0.143. The van der Waals surface area contributed by atoms with Gasteiger partial charge in [-0.1, -0.05) is 25.7 Å². The largest absolute Gasteiger partial charge is 0.378 e. The van der Waals surface area contributed by atoms with Gasteiger partial charge in [-0.25, -0.2) is 0 Å². The van der Waals surface area contributed by atoms with Gasteiger partial charge in [-0.05, 0) is 39.8 Å². The fourth-order valence-corrected chi connectivity index (χ4v) is 1.27. The van der Waals surface area contributed by atoms with E-state index in [1.54, 1.807) is 13.8 Å². The second-order valence-corrected chi connectivity index (χ2v) is 4.14. The molecule has 2 heteroatoms. The highest BCUT2D eigenvalue weighted by Crippen LogP contribution is 1.97. The van der Waals surface area contributed by atoms with E-state index in [9.17, 15) is 5.11 Å². The monoisotopic (exact) mass is 197 g/mol. The van der Waals surface area contributed by atoms with E-state index in [0.29, 0.717) is 0 Å². The van der Waals surface area contributed by atoms with E-state index >= 15 is 0 Å². The van der Waals surface area contributed by atoms with Crippen molar-refractivity contribution in [1.82, 2.24) is 4.90 Å². The van der Waals surface area contributed by atoms with Gasteiger partial charge in [0.15, 0.2) is 0 Å². The van der Waals surface area contributed by atoms with Crippen molar-refractivity contribution in [3.63, 3.8) is 0 Å². The lowest BCUT2D eigenvalue weighted by Crippen LogP contribution is -2.26. The van der Waals surface area contributed by atoms with E-state index in [4.69, 9.17) is 0 Å². The molecule has 0 amide bonds. The molecule has 0 fully saturated rings. The molecule has 0 spiro atoms. The molecule has 1 N–H and O–H groups in total. The SMILES string of the molecule is CCCN(CC#CC(C)(C)O)CCC. The summed E-state index contributed by atoms with van der Waals surface area (Å²) in [5, 5.41) is 9.40. The van der Waals surface area contributed by atoms with Crippen LogP contribution in [-0.4, -0.2) is 35.2 Å². The maximum Gasteiger partial charge on any atom is 0.120 e. The van der Waals surface area contributed by atoms with Crippen molar-refractivity contribution >= 4 is 0 Å². The average Bonchev–Trinajstić information content (AvgIpc) is 2.02. The van der Waals surface area contributed by atoms with Gasteiger partial charge in [0.05, 0.1) is 6.54 Å². The molecular weight excluding hydrogens is 174 g/mol. The molecule has 0 aliphatic heterocycles. The average molecular weight is 197 g/mol. The summed E-state index contributed by atoms with van der Waals surface area (Å²) in [4.78, 5) is 2.32. The van der Waals surface area contributed by atoms with Crippen molar-refractivity contribution in [1.29, 1.82) is 0 Å². The Morgan fingerprint density at radius 3 is 2.00 bits per heavy atom. The summed E-state index contributed by atoms with van der Waals surface area (Å²) in [6.07, 6.45) is 2.31. The zero-order chi connectivity index (χ0) is 11.0. The van der Waals surface area contributed by atoms with E-state index in [2.05, 4.69) is 30.6 Å². The number of hydrogen-bond donors (Lipinski definition) is 1. The van der Waals surface area contributed by atoms with Crippen molar-refractivity contribution in [3.05, 3.63) is 0 Å². The van der Waals surface area contributed by atoms with Crippen LogP contribution in [-0.2, 0) is 0 Å². The van der Waals surface area contributed by atoms with Gasteiger partial charge in [0, 0.05) is 0 Å². The third-order valence-electron chi connectivity index (χ3n) is 1.78. The Kier molecular flexibility index (Phi) is 6.61. The lowest BCUT2D eigenvalue weighted by atomic mass is 10.1. The summed E-state index contributed by atoms with van der Waals surface area (Å²) >= 11 is 0. The molecule has 0 aliphatic rings. The molecule has 0 rings (SSSR count).